The Balaban J connectivity index is 2.53. The summed E-state index contributed by atoms with van der Waals surface area (Å²) in [6.45, 7) is 0. The Bertz CT molecular complexity index is 321. The zero-order valence-electron chi connectivity index (χ0n) is 6.98. The Kier molecular flexibility index (Phi) is 3.78. The number of carbonyl (C=O) groups is 1. The number of rotatable bonds is 3. The summed E-state index contributed by atoms with van der Waals surface area (Å²) in [7, 11) is 0. The maximum atomic E-state index is 10.2. The summed E-state index contributed by atoms with van der Waals surface area (Å²) in [6.07, 6.45) is 3.57. The second-order valence-corrected chi connectivity index (χ2v) is 4.32. The first kappa shape index (κ1) is 10.1. The molecule has 0 saturated carbocycles. The van der Waals surface area contributed by atoms with Gasteiger partial charge in [-0.05, 0) is 18.4 Å². The van der Waals surface area contributed by atoms with Crippen LogP contribution in [0, 0.1) is 0 Å². The molecular weight excluding hydrogens is 206 g/mol. The number of nitrogens with zero attached hydrogens (tertiary/aromatic N) is 1. The van der Waals surface area contributed by atoms with Crippen molar-refractivity contribution in [3.05, 3.63) is 17.0 Å². The van der Waals surface area contributed by atoms with Crippen LogP contribution < -0.4 is 11.2 Å². The Labute approximate surface area is 84.2 Å². The van der Waals surface area contributed by atoms with Gasteiger partial charge in [-0.2, -0.15) is 5.10 Å². The van der Waals surface area contributed by atoms with Gasteiger partial charge in [0.15, 0.2) is 0 Å². The highest BCUT2D eigenvalue weighted by atomic mass is 32.2. The van der Waals surface area contributed by atoms with E-state index in [-0.39, 0.29) is 0 Å². The number of hydrazone groups is 1. The molecule has 0 radical (unpaired) electrons. The maximum absolute atomic E-state index is 10.2. The number of nitrogens with two attached hydrogens (primary N) is 1. The van der Waals surface area contributed by atoms with Crippen LogP contribution in [0.3, 0.4) is 0 Å². The van der Waals surface area contributed by atoms with Crippen molar-refractivity contribution < 1.29 is 4.79 Å². The summed E-state index contributed by atoms with van der Waals surface area (Å²) in [4.78, 5) is 11.2. The lowest BCUT2D eigenvalue weighted by molar-refractivity contribution is 0.249. The first-order valence-electron chi connectivity index (χ1n) is 3.44. The minimum Gasteiger partial charge on any atom is -0.350 e. The summed E-state index contributed by atoms with van der Waals surface area (Å²) in [5.74, 6) is 0. The summed E-state index contributed by atoms with van der Waals surface area (Å²) in [6, 6.07) is 3.28. The topological polar surface area (TPSA) is 67.5 Å². The first-order chi connectivity index (χ1) is 6.22. The van der Waals surface area contributed by atoms with Crippen LogP contribution in [0.25, 0.3) is 0 Å². The lowest BCUT2D eigenvalue weighted by Gasteiger charge is -1.88. The number of nitrogens with one attached hydrogen (secondary N) is 1. The van der Waals surface area contributed by atoms with Gasteiger partial charge in [0, 0.05) is 4.88 Å². The Hall–Kier alpha value is -1.01. The van der Waals surface area contributed by atoms with Gasteiger partial charge in [-0.3, -0.25) is 0 Å². The summed E-state index contributed by atoms with van der Waals surface area (Å²) in [5, 5.41) is 3.64. The monoisotopic (exact) mass is 215 g/mol. The molecule has 0 aromatic carbocycles. The van der Waals surface area contributed by atoms with Gasteiger partial charge in [0.2, 0.25) is 0 Å². The van der Waals surface area contributed by atoms with Crippen molar-refractivity contribution in [3.8, 4) is 0 Å². The lowest BCUT2D eigenvalue weighted by atomic mass is 10.5. The fourth-order valence-electron chi connectivity index (χ4n) is 0.673. The van der Waals surface area contributed by atoms with E-state index in [1.807, 2.05) is 18.4 Å². The van der Waals surface area contributed by atoms with Gasteiger partial charge >= 0.3 is 6.03 Å². The van der Waals surface area contributed by atoms with E-state index in [0.717, 1.165) is 4.88 Å². The van der Waals surface area contributed by atoms with Crippen LogP contribution in [-0.4, -0.2) is 18.5 Å². The van der Waals surface area contributed by atoms with Crippen LogP contribution in [0.2, 0.25) is 0 Å². The molecule has 0 aliphatic heterocycles. The Morgan fingerprint density at radius 2 is 2.54 bits per heavy atom. The average Bonchev–Trinajstić information content (AvgIpc) is 2.52. The van der Waals surface area contributed by atoms with Gasteiger partial charge in [0.1, 0.15) is 0 Å². The second-order valence-electron chi connectivity index (χ2n) is 2.10. The van der Waals surface area contributed by atoms with E-state index >= 15 is 0 Å². The zero-order chi connectivity index (χ0) is 9.68. The predicted octanol–water partition coefficient (Wildman–Crippen LogP) is 1.47. The molecule has 0 saturated heterocycles. The van der Waals surface area contributed by atoms with E-state index in [9.17, 15) is 4.79 Å². The SMILES string of the molecule is CSc1ccc(/C=N\NC(N)=O)s1. The summed E-state index contributed by atoms with van der Waals surface area (Å²) < 4.78 is 1.21. The maximum Gasteiger partial charge on any atom is 0.332 e. The zero-order valence-corrected chi connectivity index (χ0v) is 8.61. The molecule has 1 rings (SSSR count). The van der Waals surface area contributed by atoms with Crippen molar-refractivity contribution in [1.29, 1.82) is 0 Å². The highest BCUT2D eigenvalue weighted by Gasteiger charge is 1.95. The molecule has 13 heavy (non-hydrogen) atoms. The molecule has 0 spiro atoms. The lowest BCUT2D eigenvalue weighted by Crippen LogP contribution is -2.24. The molecule has 1 aromatic rings. The fraction of sp³-hybridized carbons (Fsp3) is 0.143. The van der Waals surface area contributed by atoms with Crippen LogP contribution in [0.5, 0.6) is 0 Å². The van der Waals surface area contributed by atoms with E-state index in [4.69, 9.17) is 5.73 Å². The van der Waals surface area contributed by atoms with Gasteiger partial charge in [-0.15, -0.1) is 23.1 Å². The molecule has 0 unspecified atom stereocenters. The van der Waals surface area contributed by atoms with Crippen molar-refractivity contribution in [2.75, 3.05) is 6.26 Å². The number of hydrogen-bond donors (Lipinski definition) is 2. The fourth-order valence-corrected chi connectivity index (χ4v) is 2.11. The van der Waals surface area contributed by atoms with Gasteiger partial charge in [0.05, 0.1) is 10.4 Å². The van der Waals surface area contributed by atoms with Crippen molar-refractivity contribution in [2.45, 2.75) is 4.21 Å². The minimum atomic E-state index is -0.655. The highest BCUT2D eigenvalue weighted by Crippen LogP contribution is 2.23. The second kappa shape index (κ2) is 4.88. The van der Waals surface area contributed by atoms with Gasteiger partial charge in [0.25, 0.3) is 0 Å². The number of primary amides is 1. The summed E-state index contributed by atoms with van der Waals surface area (Å²) in [5.41, 5.74) is 6.95. The third kappa shape index (κ3) is 3.47. The van der Waals surface area contributed by atoms with Gasteiger partial charge in [-0.25, -0.2) is 10.2 Å². The standard InChI is InChI=1S/C7H9N3OS2/c1-12-6-3-2-5(13-6)4-9-10-7(8)11/h2-4H,1H3,(H3,8,10,11)/b9-4-. The largest absolute Gasteiger partial charge is 0.350 e. The molecule has 70 valence electrons. The van der Waals surface area contributed by atoms with Gasteiger partial charge < -0.3 is 5.73 Å². The highest BCUT2D eigenvalue weighted by molar-refractivity contribution is 8.00. The third-order valence-electron chi connectivity index (χ3n) is 1.17. The predicted molar refractivity (Wildman–Crippen MR) is 56.4 cm³/mol. The normalized spacial score (nSPS) is 10.5. The number of carbonyl (C=O) groups excluding carboxylic acids is 1. The van der Waals surface area contributed by atoms with Crippen LogP contribution in [-0.2, 0) is 0 Å². The minimum absolute atomic E-state index is 0.655. The van der Waals surface area contributed by atoms with Crippen molar-refractivity contribution in [2.24, 2.45) is 10.8 Å². The van der Waals surface area contributed by atoms with Crippen LogP contribution >= 0.6 is 23.1 Å². The molecular formula is C7H9N3OS2. The van der Waals surface area contributed by atoms with Crippen LogP contribution in [0.1, 0.15) is 4.88 Å². The molecule has 0 fully saturated rings. The van der Waals surface area contributed by atoms with E-state index in [1.165, 1.54) is 4.21 Å². The molecule has 0 aliphatic rings. The van der Waals surface area contributed by atoms with Crippen LogP contribution in [0.4, 0.5) is 4.79 Å². The molecule has 3 N–H and O–H groups in total. The van der Waals surface area contributed by atoms with E-state index < -0.39 is 6.03 Å². The number of amides is 2. The number of hydrogen-bond acceptors (Lipinski definition) is 4. The Morgan fingerprint density at radius 1 is 1.77 bits per heavy atom. The third-order valence-corrected chi connectivity index (χ3v) is 3.27. The van der Waals surface area contributed by atoms with E-state index in [2.05, 4.69) is 10.5 Å². The van der Waals surface area contributed by atoms with Crippen molar-refractivity contribution in [3.63, 3.8) is 0 Å². The van der Waals surface area contributed by atoms with Gasteiger partial charge in [-0.1, -0.05) is 0 Å². The van der Waals surface area contributed by atoms with Crippen molar-refractivity contribution in [1.82, 2.24) is 5.43 Å². The number of thiophene rings is 1. The molecule has 6 heteroatoms. The molecule has 2 amide bonds. The molecule has 0 bridgehead atoms. The Morgan fingerprint density at radius 3 is 3.08 bits per heavy atom. The van der Waals surface area contributed by atoms with E-state index in [0.29, 0.717) is 0 Å². The molecule has 4 nitrogen and oxygen atoms in total. The number of thioether (sulfide) groups is 1. The first-order valence-corrected chi connectivity index (χ1v) is 5.49. The van der Waals surface area contributed by atoms with Crippen molar-refractivity contribution >= 4 is 35.3 Å². The quantitative estimate of drug-likeness (QED) is 0.455. The average molecular weight is 215 g/mol. The molecule has 1 heterocycles. The molecule has 1 aromatic heterocycles. The van der Waals surface area contributed by atoms with E-state index in [1.54, 1.807) is 29.3 Å². The summed E-state index contributed by atoms with van der Waals surface area (Å²) >= 11 is 3.28. The molecule has 0 atom stereocenters. The van der Waals surface area contributed by atoms with Crippen LogP contribution in [0.15, 0.2) is 21.4 Å². The number of urea groups is 1. The molecule has 0 aliphatic carbocycles. The smallest absolute Gasteiger partial charge is 0.332 e.